The van der Waals surface area contributed by atoms with Gasteiger partial charge in [0.05, 0.1) is 24.5 Å². The molecular weight excluding hydrogens is 434 g/mol. The number of likely N-dealkylation sites (tertiary alicyclic amines) is 1. The minimum absolute atomic E-state index is 0.0183. The summed E-state index contributed by atoms with van der Waals surface area (Å²) in [7, 11) is 1.63. The molecule has 0 aliphatic carbocycles. The molecule has 2 unspecified atom stereocenters. The SMILES string of the molecule is COc1cccc2c1NC(C(=O)N1CCC3(CC1)NC(=O)c1cc(OC(C)C)ccc1O3)C2C. The molecule has 8 nitrogen and oxygen atoms in total. The van der Waals surface area contributed by atoms with Crippen molar-refractivity contribution < 1.29 is 23.8 Å². The molecule has 8 heteroatoms. The lowest BCUT2D eigenvalue weighted by atomic mass is 9.93. The summed E-state index contributed by atoms with van der Waals surface area (Å²) in [5.41, 5.74) is 1.65. The number of benzene rings is 2. The second kappa shape index (κ2) is 8.42. The van der Waals surface area contributed by atoms with E-state index < -0.39 is 5.72 Å². The minimum Gasteiger partial charge on any atom is -0.495 e. The first-order valence-corrected chi connectivity index (χ1v) is 11.8. The van der Waals surface area contributed by atoms with Crippen LogP contribution in [0, 0.1) is 0 Å². The molecule has 0 bridgehead atoms. The lowest BCUT2D eigenvalue weighted by molar-refractivity contribution is -0.136. The Hall–Kier alpha value is -3.42. The first-order chi connectivity index (χ1) is 16.3. The molecule has 3 aliphatic heterocycles. The maximum atomic E-state index is 13.4. The third-order valence-electron chi connectivity index (χ3n) is 6.93. The van der Waals surface area contributed by atoms with E-state index >= 15 is 0 Å². The lowest BCUT2D eigenvalue weighted by Crippen LogP contribution is -2.62. The van der Waals surface area contributed by atoms with Gasteiger partial charge in [-0.05, 0) is 43.7 Å². The van der Waals surface area contributed by atoms with Crippen molar-refractivity contribution in [2.45, 2.75) is 57.4 Å². The highest BCUT2D eigenvalue weighted by molar-refractivity contribution is 5.99. The summed E-state index contributed by atoms with van der Waals surface area (Å²) in [5.74, 6) is 1.85. The second-order valence-electron chi connectivity index (χ2n) is 9.54. The molecule has 3 heterocycles. The Kier molecular flexibility index (Phi) is 5.54. The molecule has 1 saturated heterocycles. The number of carbonyl (C=O) groups is 2. The van der Waals surface area contributed by atoms with E-state index in [0.717, 1.165) is 17.0 Å². The minimum atomic E-state index is -0.803. The number of nitrogens with zero attached hydrogens (tertiary/aromatic N) is 1. The van der Waals surface area contributed by atoms with Gasteiger partial charge in [0.1, 0.15) is 23.3 Å². The maximum Gasteiger partial charge on any atom is 0.258 e. The highest BCUT2D eigenvalue weighted by Gasteiger charge is 2.45. The van der Waals surface area contributed by atoms with Crippen molar-refractivity contribution in [3.8, 4) is 17.2 Å². The van der Waals surface area contributed by atoms with Gasteiger partial charge in [-0.15, -0.1) is 0 Å². The van der Waals surface area contributed by atoms with Crippen LogP contribution in [0.15, 0.2) is 36.4 Å². The fourth-order valence-electron chi connectivity index (χ4n) is 5.13. The number of piperidine rings is 1. The zero-order chi connectivity index (χ0) is 24.0. The van der Waals surface area contributed by atoms with Gasteiger partial charge in [0.2, 0.25) is 5.91 Å². The highest BCUT2D eigenvalue weighted by Crippen LogP contribution is 2.42. The fraction of sp³-hybridized carbons (Fsp3) is 0.462. The molecule has 2 amide bonds. The summed E-state index contributed by atoms with van der Waals surface area (Å²) in [4.78, 5) is 28.2. The number of nitrogens with one attached hydrogen (secondary N) is 2. The molecule has 2 aromatic rings. The van der Waals surface area contributed by atoms with Crippen LogP contribution in [-0.2, 0) is 4.79 Å². The number of rotatable bonds is 4. The Morgan fingerprint density at radius 2 is 1.97 bits per heavy atom. The van der Waals surface area contributed by atoms with Gasteiger partial charge in [0.25, 0.3) is 5.91 Å². The molecule has 2 N–H and O–H groups in total. The number of ether oxygens (including phenoxy) is 3. The number of methoxy groups -OCH3 is 1. The first-order valence-electron chi connectivity index (χ1n) is 11.8. The number of fused-ring (bicyclic) bond motifs is 2. The predicted molar refractivity (Wildman–Crippen MR) is 128 cm³/mol. The molecular formula is C26H31N3O5. The lowest BCUT2D eigenvalue weighted by Gasteiger charge is -2.45. The van der Waals surface area contributed by atoms with E-state index in [1.54, 1.807) is 19.2 Å². The number of hydrogen-bond donors (Lipinski definition) is 2. The Morgan fingerprint density at radius 3 is 2.68 bits per heavy atom. The number of para-hydroxylation sites is 1. The molecule has 0 radical (unpaired) electrons. The van der Waals surface area contributed by atoms with Crippen LogP contribution in [0.4, 0.5) is 5.69 Å². The molecule has 34 heavy (non-hydrogen) atoms. The zero-order valence-electron chi connectivity index (χ0n) is 20.0. The van der Waals surface area contributed by atoms with Crippen molar-refractivity contribution in [3.05, 3.63) is 47.5 Å². The van der Waals surface area contributed by atoms with Crippen LogP contribution < -0.4 is 24.8 Å². The van der Waals surface area contributed by atoms with E-state index in [-0.39, 0.29) is 29.9 Å². The van der Waals surface area contributed by atoms with Crippen molar-refractivity contribution in [2.75, 3.05) is 25.5 Å². The molecule has 3 aliphatic rings. The number of carbonyl (C=O) groups excluding carboxylic acids is 2. The van der Waals surface area contributed by atoms with Crippen molar-refractivity contribution in [1.29, 1.82) is 0 Å². The molecule has 5 rings (SSSR count). The third-order valence-corrected chi connectivity index (χ3v) is 6.93. The average Bonchev–Trinajstić information content (AvgIpc) is 3.16. The van der Waals surface area contributed by atoms with E-state index in [2.05, 4.69) is 17.6 Å². The predicted octanol–water partition coefficient (Wildman–Crippen LogP) is 3.52. The molecule has 2 atom stereocenters. The Balaban J connectivity index is 1.26. The van der Waals surface area contributed by atoms with E-state index in [1.165, 1.54) is 0 Å². The number of anilines is 1. The van der Waals surface area contributed by atoms with Gasteiger partial charge in [-0.25, -0.2) is 0 Å². The molecule has 1 spiro atoms. The van der Waals surface area contributed by atoms with Crippen LogP contribution in [-0.4, -0.2) is 54.8 Å². The van der Waals surface area contributed by atoms with Crippen LogP contribution in [0.25, 0.3) is 0 Å². The largest absolute Gasteiger partial charge is 0.495 e. The highest BCUT2D eigenvalue weighted by atomic mass is 16.5. The van der Waals surface area contributed by atoms with Gasteiger partial charge in [-0.1, -0.05) is 19.1 Å². The van der Waals surface area contributed by atoms with E-state index in [1.807, 2.05) is 43.0 Å². The summed E-state index contributed by atoms with van der Waals surface area (Å²) in [5, 5.41) is 6.43. The number of hydrogen-bond acceptors (Lipinski definition) is 6. The summed E-state index contributed by atoms with van der Waals surface area (Å²) >= 11 is 0. The quantitative estimate of drug-likeness (QED) is 0.718. The monoisotopic (exact) mass is 465 g/mol. The molecule has 0 saturated carbocycles. The smallest absolute Gasteiger partial charge is 0.258 e. The van der Waals surface area contributed by atoms with Gasteiger partial charge in [-0.3, -0.25) is 9.59 Å². The van der Waals surface area contributed by atoms with Crippen LogP contribution >= 0.6 is 0 Å². The maximum absolute atomic E-state index is 13.4. The van der Waals surface area contributed by atoms with Gasteiger partial charge >= 0.3 is 0 Å². The van der Waals surface area contributed by atoms with Crippen molar-refractivity contribution in [1.82, 2.24) is 10.2 Å². The average molecular weight is 466 g/mol. The van der Waals surface area contributed by atoms with E-state index in [4.69, 9.17) is 14.2 Å². The van der Waals surface area contributed by atoms with Gasteiger partial charge in [0, 0.05) is 31.8 Å². The van der Waals surface area contributed by atoms with E-state index in [9.17, 15) is 9.59 Å². The molecule has 1 fully saturated rings. The molecule has 0 aromatic heterocycles. The first kappa shape index (κ1) is 22.4. The van der Waals surface area contributed by atoms with E-state index in [0.29, 0.717) is 43.0 Å². The second-order valence-corrected chi connectivity index (χ2v) is 9.54. The Bertz CT molecular complexity index is 1120. The van der Waals surface area contributed by atoms with Crippen LogP contribution in [0.5, 0.6) is 17.2 Å². The van der Waals surface area contributed by atoms with Gasteiger partial charge in [0.15, 0.2) is 5.72 Å². The van der Waals surface area contributed by atoms with Crippen LogP contribution in [0.1, 0.15) is 55.5 Å². The number of amides is 2. The molecule has 180 valence electrons. The van der Waals surface area contributed by atoms with Gasteiger partial charge < -0.3 is 29.7 Å². The standard InChI is InChI=1S/C26H31N3O5/c1-15(2)33-17-8-9-20-19(14-17)24(30)28-26(34-20)10-12-29(13-11-26)25(31)22-16(3)18-6-5-7-21(32-4)23(18)27-22/h5-9,14-16,22,27H,10-13H2,1-4H3,(H,28,30). The van der Waals surface area contributed by atoms with Crippen molar-refractivity contribution >= 4 is 17.5 Å². The Morgan fingerprint density at radius 1 is 1.21 bits per heavy atom. The summed E-state index contributed by atoms with van der Waals surface area (Å²) in [6.45, 7) is 6.95. The van der Waals surface area contributed by atoms with Crippen LogP contribution in [0.3, 0.4) is 0 Å². The zero-order valence-corrected chi connectivity index (χ0v) is 20.0. The fourth-order valence-corrected chi connectivity index (χ4v) is 5.13. The summed E-state index contributed by atoms with van der Waals surface area (Å²) in [6, 6.07) is 10.9. The van der Waals surface area contributed by atoms with Crippen molar-refractivity contribution in [2.24, 2.45) is 0 Å². The summed E-state index contributed by atoms with van der Waals surface area (Å²) < 4.78 is 17.5. The third kappa shape index (κ3) is 3.81. The van der Waals surface area contributed by atoms with Gasteiger partial charge in [-0.2, -0.15) is 0 Å². The molecule has 2 aromatic carbocycles. The Labute approximate surface area is 199 Å². The summed E-state index contributed by atoms with van der Waals surface area (Å²) in [6.07, 6.45) is 1.06. The topological polar surface area (TPSA) is 89.1 Å². The normalized spacial score (nSPS) is 22.4. The van der Waals surface area contributed by atoms with Crippen LogP contribution in [0.2, 0.25) is 0 Å². The van der Waals surface area contributed by atoms with Crippen molar-refractivity contribution in [3.63, 3.8) is 0 Å².